The Morgan fingerprint density at radius 2 is 1.71 bits per heavy atom. The number of thioether (sulfide) groups is 1. The molecule has 0 aliphatic carbocycles. The second-order valence-electron chi connectivity index (χ2n) is 6.16. The van der Waals surface area contributed by atoms with Gasteiger partial charge in [-0.3, -0.25) is 4.99 Å². The van der Waals surface area contributed by atoms with Crippen molar-refractivity contribution in [2.45, 2.75) is 12.5 Å². The second kappa shape index (κ2) is 10.5. The Bertz CT molecular complexity index is 711. The molecule has 0 saturated carbocycles. The van der Waals surface area contributed by atoms with E-state index in [0.717, 1.165) is 0 Å². The third kappa shape index (κ3) is 5.74. The van der Waals surface area contributed by atoms with Gasteiger partial charge in [-0.1, -0.05) is 0 Å². The highest BCUT2D eigenvalue weighted by molar-refractivity contribution is 8.14. The Hall–Kier alpha value is -2.01. The molecule has 9 nitrogen and oxygen atoms in total. The van der Waals surface area contributed by atoms with Gasteiger partial charge in [0.15, 0.2) is 17.0 Å². The van der Waals surface area contributed by atoms with Crippen LogP contribution in [-0.4, -0.2) is 84.4 Å². The summed E-state index contributed by atoms with van der Waals surface area (Å²) in [6.07, 6.45) is 0. The molecule has 0 spiro atoms. The number of aromatic hydroxyl groups is 2. The maximum atomic E-state index is 11.4. The van der Waals surface area contributed by atoms with Crippen molar-refractivity contribution < 1.29 is 39.1 Å². The van der Waals surface area contributed by atoms with Crippen LogP contribution < -0.4 is 4.74 Å². The molecule has 1 aliphatic heterocycles. The average Bonchev–Trinajstić information content (AvgIpc) is 3.06. The lowest BCUT2D eigenvalue weighted by molar-refractivity contribution is -0.141. The Morgan fingerprint density at radius 1 is 1.11 bits per heavy atom. The van der Waals surface area contributed by atoms with E-state index in [4.69, 9.17) is 18.9 Å². The highest BCUT2D eigenvalue weighted by Crippen LogP contribution is 2.42. The maximum absolute atomic E-state index is 11.4. The number of ether oxygens (including phenoxy) is 4. The molecule has 2 rings (SSSR count). The summed E-state index contributed by atoms with van der Waals surface area (Å²) in [6.45, 7) is 3.68. The standard InChI is InChI=1S/C18H25NO8S/c1-18(17(22)23)11-28-16(19-18)14-12(20)3-4-13(21)15(14)27-10-9-26-8-7-25-6-5-24-2/h3-4,20-21H,5-11H2,1-2H3,(H,22,23). The molecule has 1 aromatic rings. The van der Waals surface area contributed by atoms with Gasteiger partial charge in [0.1, 0.15) is 17.4 Å². The van der Waals surface area contributed by atoms with E-state index >= 15 is 0 Å². The number of carboxylic acid groups (broad SMARTS) is 1. The third-order valence-electron chi connectivity index (χ3n) is 3.91. The fourth-order valence-electron chi connectivity index (χ4n) is 2.32. The molecular formula is C18H25NO8S. The number of phenolic OH excluding ortho intramolecular Hbond substituents is 2. The molecule has 1 unspecified atom stereocenters. The summed E-state index contributed by atoms with van der Waals surface area (Å²) in [6, 6.07) is 2.61. The molecule has 0 aromatic heterocycles. The van der Waals surface area contributed by atoms with E-state index in [1.165, 1.54) is 30.8 Å². The molecular weight excluding hydrogens is 390 g/mol. The van der Waals surface area contributed by atoms with Crippen LogP contribution in [0, 0.1) is 0 Å². The highest BCUT2D eigenvalue weighted by atomic mass is 32.2. The smallest absolute Gasteiger partial charge is 0.332 e. The third-order valence-corrected chi connectivity index (χ3v) is 5.18. The maximum Gasteiger partial charge on any atom is 0.332 e. The van der Waals surface area contributed by atoms with E-state index in [1.54, 1.807) is 7.11 Å². The Kier molecular flexibility index (Phi) is 8.36. The van der Waals surface area contributed by atoms with Crippen molar-refractivity contribution in [2.24, 2.45) is 4.99 Å². The van der Waals surface area contributed by atoms with Gasteiger partial charge in [-0.25, -0.2) is 4.79 Å². The summed E-state index contributed by atoms with van der Waals surface area (Å²) < 4.78 is 21.1. The molecule has 156 valence electrons. The van der Waals surface area contributed by atoms with Crippen LogP contribution in [0.1, 0.15) is 12.5 Å². The molecule has 1 aliphatic rings. The van der Waals surface area contributed by atoms with Gasteiger partial charge in [-0.2, -0.15) is 0 Å². The molecule has 1 aromatic carbocycles. The normalized spacial score (nSPS) is 18.9. The lowest BCUT2D eigenvalue weighted by Crippen LogP contribution is -2.33. The van der Waals surface area contributed by atoms with E-state index in [2.05, 4.69) is 4.99 Å². The molecule has 1 atom stereocenters. The quantitative estimate of drug-likeness (QED) is 0.344. The van der Waals surface area contributed by atoms with Crippen molar-refractivity contribution in [3.63, 3.8) is 0 Å². The topological polar surface area (TPSA) is 127 Å². The molecule has 0 amide bonds. The van der Waals surface area contributed by atoms with Gasteiger partial charge < -0.3 is 34.3 Å². The molecule has 10 heteroatoms. The molecule has 1 heterocycles. The summed E-state index contributed by atoms with van der Waals surface area (Å²) in [5.74, 6) is -1.12. The summed E-state index contributed by atoms with van der Waals surface area (Å²) in [7, 11) is 1.60. The molecule has 0 fully saturated rings. The zero-order valence-corrected chi connectivity index (χ0v) is 16.7. The number of carboxylic acids is 1. The van der Waals surface area contributed by atoms with Crippen LogP contribution in [0.5, 0.6) is 17.2 Å². The van der Waals surface area contributed by atoms with Crippen LogP contribution in [0.3, 0.4) is 0 Å². The van der Waals surface area contributed by atoms with Crippen LogP contribution in [0.25, 0.3) is 0 Å². The monoisotopic (exact) mass is 415 g/mol. The summed E-state index contributed by atoms with van der Waals surface area (Å²) in [4.78, 5) is 15.6. The van der Waals surface area contributed by atoms with Crippen molar-refractivity contribution in [1.29, 1.82) is 0 Å². The first-order valence-electron chi connectivity index (χ1n) is 8.67. The predicted octanol–water partition coefficient (Wildman–Crippen LogP) is 1.49. The van der Waals surface area contributed by atoms with E-state index in [9.17, 15) is 20.1 Å². The van der Waals surface area contributed by atoms with Crippen LogP contribution in [0.15, 0.2) is 17.1 Å². The largest absolute Gasteiger partial charge is 0.507 e. The molecule has 3 N–H and O–H groups in total. The average molecular weight is 415 g/mol. The molecule has 28 heavy (non-hydrogen) atoms. The van der Waals surface area contributed by atoms with Gasteiger partial charge >= 0.3 is 5.97 Å². The van der Waals surface area contributed by atoms with E-state index < -0.39 is 11.5 Å². The van der Waals surface area contributed by atoms with Gasteiger partial charge in [-0.15, -0.1) is 11.8 Å². The van der Waals surface area contributed by atoms with Crippen LogP contribution in [0.4, 0.5) is 0 Å². The van der Waals surface area contributed by atoms with Gasteiger partial charge in [0.25, 0.3) is 0 Å². The molecule has 0 radical (unpaired) electrons. The zero-order valence-electron chi connectivity index (χ0n) is 15.8. The van der Waals surface area contributed by atoms with Crippen LogP contribution in [-0.2, 0) is 19.0 Å². The second-order valence-corrected chi connectivity index (χ2v) is 7.12. The van der Waals surface area contributed by atoms with Crippen molar-refractivity contribution in [1.82, 2.24) is 0 Å². The minimum Gasteiger partial charge on any atom is -0.507 e. The van der Waals surface area contributed by atoms with Gasteiger partial charge in [0, 0.05) is 12.9 Å². The number of methoxy groups -OCH3 is 1. The SMILES string of the molecule is COCCOCCOCCOc1c(O)ccc(O)c1C1=NC(C)(C(=O)O)CS1. The number of aliphatic imine (C=N–C) groups is 1. The summed E-state index contributed by atoms with van der Waals surface area (Å²) >= 11 is 1.18. The van der Waals surface area contributed by atoms with Gasteiger partial charge in [-0.05, 0) is 19.1 Å². The Morgan fingerprint density at radius 3 is 2.32 bits per heavy atom. The Balaban J connectivity index is 1.96. The minimum atomic E-state index is -1.29. The summed E-state index contributed by atoms with van der Waals surface area (Å²) in [5, 5.41) is 30.0. The Labute approximate surface area is 167 Å². The van der Waals surface area contributed by atoms with Crippen LogP contribution in [0.2, 0.25) is 0 Å². The first-order chi connectivity index (χ1) is 13.4. The van der Waals surface area contributed by atoms with Crippen molar-refractivity contribution in [3.05, 3.63) is 17.7 Å². The fraction of sp³-hybridized carbons (Fsp3) is 0.556. The minimum absolute atomic E-state index is 0.0424. The van der Waals surface area contributed by atoms with Gasteiger partial charge in [0.05, 0.1) is 38.6 Å². The van der Waals surface area contributed by atoms with Crippen LogP contribution >= 0.6 is 11.8 Å². The van der Waals surface area contributed by atoms with Crippen molar-refractivity contribution in [3.8, 4) is 17.2 Å². The van der Waals surface area contributed by atoms with Gasteiger partial charge in [0.2, 0.25) is 0 Å². The number of rotatable bonds is 12. The van der Waals surface area contributed by atoms with E-state index in [-0.39, 0.29) is 41.8 Å². The number of hydrogen-bond donors (Lipinski definition) is 3. The van der Waals surface area contributed by atoms with Crippen molar-refractivity contribution >= 4 is 22.8 Å². The molecule has 0 saturated heterocycles. The number of benzene rings is 1. The number of hydrogen-bond acceptors (Lipinski definition) is 9. The first kappa shape index (κ1) is 22.3. The number of carbonyl (C=O) groups is 1. The zero-order chi connectivity index (χ0) is 20.6. The number of aliphatic carboxylic acids is 1. The number of nitrogens with zero attached hydrogens (tertiary/aromatic N) is 1. The first-order valence-corrected chi connectivity index (χ1v) is 9.66. The highest BCUT2D eigenvalue weighted by Gasteiger charge is 2.40. The molecule has 0 bridgehead atoms. The summed E-state index contributed by atoms with van der Waals surface area (Å²) in [5.41, 5.74) is -1.11. The number of phenols is 2. The van der Waals surface area contributed by atoms with E-state index in [0.29, 0.717) is 31.5 Å². The predicted molar refractivity (Wildman–Crippen MR) is 104 cm³/mol. The fourth-order valence-corrected chi connectivity index (χ4v) is 3.53. The lowest BCUT2D eigenvalue weighted by Gasteiger charge is -2.15. The van der Waals surface area contributed by atoms with E-state index in [1.807, 2.05) is 0 Å². The van der Waals surface area contributed by atoms with Crippen molar-refractivity contribution in [2.75, 3.05) is 52.5 Å². The lowest BCUT2D eigenvalue weighted by atomic mass is 10.1.